The lowest BCUT2D eigenvalue weighted by Crippen LogP contribution is -2.64. The molecule has 0 radical (unpaired) electrons. The minimum atomic E-state index is -1.35. The number of halogens is 2. The van der Waals surface area contributed by atoms with Crippen LogP contribution < -0.4 is 21.7 Å². The number of rotatable bonds is 13. The van der Waals surface area contributed by atoms with Gasteiger partial charge in [-0.25, -0.2) is 4.79 Å². The number of carbonyl (C=O) groups is 7. The van der Waals surface area contributed by atoms with Crippen LogP contribution in [-0.4, -0.2) is 94.1 Å². The number of likely N-dealkylation sites (tertiary alicyclic amines) is 1. The molecular formula is C30H45Cl2N5O9. The third-order valence-corrected chi connectivity index (χ3v) is 9.66. The molecule has 1 heterocycles. The van der Waals surface area contributed by atoms with Gasteiger partial charge in [-0.05, 0) is 37.0 Å². The van der Waals surface area contributed by atoms with Gasteiger partial charge >= 0.3 is 18.0 Å². The number of primary amides is 1. The highest BCUT2D eigenvalue weighted by atomic mass is 35.5. The van der Waals surface area contributed by atoms with Gasteiger partial charge in [-0.1, -0.05) is 40.0 Å². The van der Waals surface area contributed by atoms with Crippen molar-refractivity contribution >= 4 is 64.7 Å². The fourth-order valence-corrected chi connectivity index (χ4v) is 7.16. The lowest BCUT2D eigenvalue weighted by Gasteiger charge is -2.45. The molecule has 0 spiro atoms. The molecule has 0 aromatic heterocycles. The molecule has 46 heavy (non-hydrogen) atoms. The summed E-state index contributed by atoms with van der Waals surface area (Å²) in [5.41, 5.74) is 3.06. The first-order valence-electron chi connectivity index (χ1n) is 15.3. The number of ether oxygens (including phenoxy) is 2. The molecule has 2 saturated carbocycles. The summed E-state index contributed by atoms with van der Waals surface area (Å²) in [6.45, 7) is 8.51. The van der Waals surface area contributed by atoms with Gasteiger partial charge in [-0.3, -0.25) is 28.8 Å². The predicted octanol–water partition coefficient (Wildman–Crippen LogP) is 1.34. The Morgan fingerprint density at radius 1 is 0.957 bits per heavy atom. The Bertz CT molecular complexity index is 1230. The molecule has 1 saturated heterocycles. The zero-order chi connectivity index (χ0) is 34.8. The lowest BCUT2D eigenvalue weighted by atomic mass is 9.71. The van der Waals surface area contributed by atoms with Crippen LogP contribution in [0.25, 0.3) is 0 Å². The van der Waals surface area contributed by atoms with Crippen LogP contribution in [0.2, 0.25) is 0 Å². The third-order valence-electron chi connectivity index (χ3n) is 8.85. The molecule has 5 atom stereocenters. The Balaban J connectivity index is 1.86. The number of alkyl halides is 2. The van der Waals surface area contributed by atoms with Crippen molar-refractivity contribution in [1.29, 1.82) is 0 Å². The number of amides is 5. The number of hydrogen-bond donors (Lipinski definition) is 4. The number of esters is 2. The molecule has 1 aliphatic heterocycles. The Labute approximate surface area is 278 Å². The van der Waals surface area contributed by atoms with Gasteiger partial charge < -0.3 is 36.1 Å². The van der Waals surface area contributed by atoms with Gasteiger partial charge in [-0.2, -0.15) is 0 Å². The van der Waals surface area contributed by atoms with Crippen molar-refractivity contribution in [2.75, 3.05) is 19.8 Å². The molecule has 1 unspecified atom stereocenters. The first-order chi connectivity index (χ1) is 21.1. The molecule has 2 aliphatic carbocycles. The number of fused-ring (bicyclic) bond motifs is 1. The minimum Gasteiger partial charge on any atom is -0.463 e. The van der Waals surface area contributed by atoms with E-state index in [0.29, 0.717) is 6.42 Å². The predicted molar refractivity (Wildman–Crippen MR) is 166 cm³/mol. The largest absolute Gasteiger partial charge is 0.463 e. The highest BCUT2D eigenvalue weighted by Crippen LogP contribution is 2.58. The van der Waals surface area contributed by atoms with E-state index in [1.165, 1.54) is 25.7 Å². The molecule has 3 rings (SSSR count). The zero-order valence-electron chi connectivity index (χ0n) is 27.1. The lowest BCUT2D eigenvalue weighted by molar-refractivity contribution is -0.147. The molecule has 3 aliphatic rings. The summed E-state index contributed by atoms with van der Waals surface area (Å²) in [6, 6.07) is -4.38. The van der Waals surface area contributed by atoms with Gasteiger partial charge in [0.25, 0.3) is 5.91 Å². The smallest absolute Gasteiger partial charge is 0.316 e. The van der Waals surface area contributed by atoms with E-state index in [1.807, 2.05) is 0 Å². The Hall–Kier alpha value is -3.13. The maximum atomic E-state index is 14.3. The fraction of sp³-hybridized carbons (Fsp3) is 0.767. The fourth-order valence-electron chi connectivity index (χ4n) is 6.17. The number of hydrogen-bond acceptors (Lipinski definition) is 9. The van der Waals surface area contributed by atoms with Gasteiger partial charge in [0.15, 0.2) is 0 Å². The minimum absolute atomic E-state index is 0.117. The summed E-state index contributed by atoms with van der Waals surface area (Å²) in [6.07, 6.45) is 3.24. The van der Waals surface area contributed by atoms with Crippen molar-refractivity contribution in [2.45, 2.75) is 102 Å². The number of nitrogens with one attached hydrogen (secondary N) is 3. The topological polar surface area (TPSA) is 203 Å². The van der Waals surface area contributed by atoms with E-state index < -0.39 is 80.8 Å². The summed E-state index contributed by atoms with van der Waals surface area (Å²) in [7, 11) is 0. The Morgan fingerprint density at radius 3 is 1.96 bits per heavy atom. The summed E-state index contributed by atoms with van der Waals surface area (Å²) < 4.78 is 8.80. The van der Waals surface area contributed by atoms with E-state index >= 15 is 0 Å². The summed E-state index contributed by atoms with van der Waals surface area (Å²) >= 11 is 13.1. The van der Waals surface area contributed by atoms with Crippen LogP contribution in [0, 0.1) is 23.2 Å². The second-order valence-corrected chi connectivity index (χ2v) is 15.6. The maximum absolute atomic E-state index is 14.3. The number of nitrogens with two attached hydrogens (primary N) is 1. The quantitative estimate of drug-likeness (QED) is 0.125. The van der Waals surface area contributed by atoms with Crippen molar-refractivity contribution in [1.82, 2.24) is 20.9 Å². The van der Waals surface area contributed by atoms with E-state index in [1.54, 1.807) is 20.8 Å². The number of ketones is 1. The molecule has 0 bridgehead atoms. The summed E-state index contributed by atoms with van der Waals surface area (Å²) in [4.78, 5) is 90.2. The normalized spacial score (nSPS) is 23.4. The second kappa shape index (κ2) is 14.3. The third kappa shape index (κ3) is 9.02. The molecular weight excluding hydrogens is 645 g/mol. The molecule has 16 heteroatoms. The van der Waals surface area contributed by atoms with E-state index in [-0.39, 0.29) is 38.0 Å². The van der Waals surface area contributed by atoms with Crippen molar-refractivity contribution in [3.05, 3.63) is 0 Å². The Kier molecular flexibility index (Phi) is 11.6. The number of carbonyl (C=O) groups excluding carboxylic acids is 7. The molecule has 5 amide bonds. The maximum Gasteiger partial charge on any atom is 0.316 e. The first kappa shape index (κ1) is 37.3. The molecule has 0 aromatic carbocycles. The molecule has 0 aromatic rings. The van der Waals surface area contributed by atoms with Gasteiger partial charge in [0.05, 0.1) is 6.04 Å². The molecule has 3 fully saturated rings. The van der Waals surface area contributed by atoms with E-state index in [2.05, 4.69) is 16.0 Å². The Morgan fingerprint density at radius 2 is 1.52 bits per heavy atom. The molecule has 14 nitrogen and oxygen atoms in total. The van der Waals surface area contributed by atoms with Crippen LogP contribution in [0.15, 0.2) is 0 Å². The van der Waals surface area contributed by atoms with E-state index in [9.17, 15) is 33.6 Å². The van der Waals surface area contributed by atoms with Gasteiger partial charge in [-0.15, -0.1) is 23.2 Å². The average molecular weight is 691 g/mol. The zero-order valence-corrected chi connectivity index (χ0v) is 28.6. The highest BCUT2D eigenvalue weighted by Gasteiger charge is 2.64. The standard InChI is InChI=1S/C30H45Cl2N5O9/c1-15(38)45-13-29(6,14-46-16(2)39)36-27(44)35-23(28(3,4)5)26(43)37-12-18-11-30(31,32)20(18)21(37)25(42)34-19(22(40)24(33)41)10-17-8-7-9-17/h17-21,23H,7-14H2,1-6H3,(H2,33,41)(H,34,42)(H2,35,36,44)/t18-,19?,20-,21-,23+/m0/s1. The van der Waals surface area contributed by atoms with Crippen LogP contribution in [-0.2, 0) is 38.2 Å². The van der Waals surface area contributed by atoms with Crippen molar-refractivity contribution in [3.8, 4) is 0 Å². The highest BCUT2D eigenvalue weighted by molar-refractivity contribution is 6.49. The van der Waals surface area contributed by atoms with Gasteiger partial charge in [0, 0.05) is 26.3 Å². The second-order valence-electron chi connectivity index (χ2n) is 14.0. The van der Waals surface area contributed by atoms with Crippen LogP contribution in [0.3, 0.4) is 0 Å². The van der Waals surface area contributed by atoms with Gasteiger partial charge in [0.1, 0.15) is 35.2 Å². The van der Waals surface area contributed by atoms with Crippen LogP contribution in [0.1, 0.15) is 73.6 Å². The summed E-state index contributed by atoms with van der Waals surface area (Å²) in [5, 5.41) is 7.96. The average Bonchev–Trinajstić information content (AvgIpc) is 3.24. The number of urea groups is 1. The summed E-state index contributed by atoms with van der Waals surface area (Å²) in [5.74, 6) is -5.38. The monoisotopic (exact) mass is 689 g/mol. The van der Waals surface area contributed by atoms with Gasteiger partial charge in [0.2, 0.25) is 17.6 Å². The van der Waals surface area contributed by atoms with Crippen molar-refractivity contribution in [3.63, 3.8) is 0 Å². The SMILES string of the molecule is CC(=O)OCC(C)(COC(C)=O)NC(=O)N[C@H](C(=O)N1C[C@@H]2CC(Cl)(Cl)[C@@H]2[C@H]1C(=O)NC(CC1CCC1)C(=O)C(N)=O)C(C)(C)C. The molecule has 5 N–H and O–H groups in total. The number of nitrogens with zero attached hydrogens (tertiary/aromatic N) is 1. The van der Waals surface area contributed by atoms with E-state index in [0.717, 1.165) is 19.3 Å². The van der Waals surface area contributed by atoms with Crippen molar-refractivity contribution < 1.29 is 43.0 Å². The van der Waals surface area contributed by atoms with Crippen LogP contribution in [0.4, 0.5) is 4.79 Å². The molecule has 258 valence electrons. The first-order valence-corrected chi connectivity index (χ1v) is 16.1. The van der Waals surface area contributed by atoms with Crippen LogP contribution >= 0.6 is 23.2 Å². The number of Topliss-reactive ketones (excluding diaryl/α,β-unsaturated/α-hetero) is 1. The van der Waals surface area contributed by atoms with Crippen molar-refractivity contribution in [2.24, 2.45) is 28.9 Å². The van der Waals surface area contributed by atoms with Crippen LogP contribution in [0.5, 0.6) is 0 Å². The van der Waals surface area contributed by atoms with E-state index in [4.69, 9.17) is 38.4 Å².